The Morgan fingerprint density at radius 3 is 2.67 bits per heavy atom. The highest BCUT2D eigenvalue weighted by Gasteiger charge is 2.18. The van der Waals surface area contributed by atoms with E-state index in [-0.39, 0.29) is 26.9 Å². The smallest absolute Gasteiger partial charge is 0.273 e. The van der Waals surface area contributed by atoms with Gasteiger partial charge < -0.3 is 5.32 Å². The van der Waals surface area contributed by atoms with Crippen molar-refractivity contribution in [3.05, 3.63) is 68.5 Å². The van der Waals surface area contributed by atoms with E-state index in [1.54, 1.807) is 0 Å². The Morgan fingerprint density at radius 1 is 1.33 bits per heavy atom. The first kappa shape index (κ1) is 17.8. The summed E-state index contributed by atoms with van der Waals surface area (Å²) in [5.41, 5.74) is 0.590. The average molecular weight is 368 g/mol. The molecule has 0 saturated carbocycles. The molecule has 2 aromatic carbocycles. The van der Waals surface area contributed by atoms with Gasteiger partial charge in [0.1, 0.15) is 5.82 Å². The fraction of sp³-hybridized carbons (Fsp3) is 0.0667. The highest BCUT2D eigenvalue weighted by molar-refractivity contribution is 7.80. The van der Waals surface area contributed by atoms with Crippen molar-refractivity contribution < 1.29 is 14.1 Å². The largest absolute Gasteiger partial charge is 0.332 e. The molecule has 124 valence electrons. The van der Waals surface area contributed by atoms with Crippen molar-refractivity contribution in [3.63, 3.8) is 0 Å². The number of anilines is 1. The number of nitrogens with one attached hydrogen (secondary N) is 2. The summed E-state index contributed by atoms with van der Waals surface area (Å²) in [5, 5.41) is 15.9. The van der Waals surface area contributed by atoms with Gasteiger partial charge in [0.2, 0.25) is 0 Å². The molecule has 0 unspecified atom stereocenters. The van der Waals surface area contributed by atoms with Gasteiger partial charge >= 0.3 is 0 Å². The molecule has 0 fully saturated rings. The molecule has 0 aliphatic heterocycles. The Morgan fingerprint density at radius 2 is 2.04 bits per heavy atom. The quantitative estimate of drug-likeness (QED) is 0.489. The fourth-order valence-corrected chi connectivity index (χ4v) is 2.37. The van der Waals surface area contributed by atoms with E-state index in [1.807, 2.05) is 0 Å². The third kappa shape index (κ3) is 4.03. The lowest BCUT2D eigenvalue weighted by Gasteiger charge is -2.11. The zero-order chi connectivity index (χ0) is 17.9. The number of amides is 1. The van der Waals surface area contributed by atoms with Crippen LogP contribution in [0.15, 0.2) is 36.4 Å². The number of hydrogen-bond donors (Lipinski definition) is 2. The summed E-state index contributed by atoms with van der Waals surface area (Å²) in [4.78, 5) is 22.6. The molecular weight excluding hydrogens is 357 g/mol. The monoisotopic (exact) mass is 367 g/mol. The van der Waals surface area contributed by atoms with Crippen LogP contribution in [0.25, 0.3) is 0 Å². The van der Waals surface area contributed by atoms with Gasteiger partial charge in [-0.25, -0.2) is 4.39 Å². The number of nitrogens with zero attached hydrogens (tertiary/aromatic N) is 1. The van der Waals surface area contributed by atoms with Crippen LogP contribution in [0.5, 0.6) is 0 Å². The second-order valence-corrected chi connectivity index (χ2v) is 5.56. The first-order chi connectivity index (χ1) is 11.3. The number of rotatable bonds is 3. The molecule has 6 nitrogen and oxygen atoms in total. The molecule has 0 saturated heterocycles. The van der Waals surface area contributed by atoms with Gasteiger partial charge in [-0.1, -0.05) is 17.7 Å². The number of benzene rings is 2. The van der Waals surface area contributed by atoms with Crippen molar-refractivity contribution in [2.24, 2.45) is 0 Å². The summed E-state index contributed by atoms with van der Waals surface area (Å²) in [7, 11) is 0. The Kier molecular flexibility index (Phi) is 5.42. The molecule has 0 heterocycles. The number of carbonyl (C=O) groups is 1. The fourth-order valence-electron chi connectivity index (χ4n) is 1.97. The summed E-state index contributed by atoms with van der Waals surface area (Å²) in [6.07, 6.45) is 0. The summed E-state index contributed by atoms with van der Waals surface area (Å²) < 4.78 is 13.1. The first-order valence-corrected chi connectivity index (χ1v) is 7.39. The molecule has 2 aromatic rings. The number of halogens is 2. The van der Waals surface area contributed by atoms with Gasteiger partial charge in [-0.2, -0.15) is 0 Å². The third-order valence-electron chi connectivity index (χ3n) is 3.15. The molecule has 0 spiro atoms. The first-order valence-electron chi connectivity index (χ1n) is 6.61. The van der Waals surface area contributed by atoms with Crippen molar-refractivity contribution >= 4 is 46.2 Å². The standard InChI is InChI=1S/C15H11ClFN3O3S/c1-8-10(3-2-4-13(8)20(22)23)14(21)19-15(24)18-9-5-6-12(17)11(16)7-9/h2-7H,1H3,(H2,18,19,21,24). The summed E-state index contributed by atoms with van der Waals surface area (Å²) in [6, 6.07) is 8.04. The zero-order valence-electron chi connectivity index (χ0n) is 12.3. The van der Waals surface area contributed by atoms with E-state index in [9.17, 15) is 19.3 Å². The highest BCUT2D eigenvalue weighted by Crippen LogP contribution is 2.21. The lowest BCUT2D eigenvalue weighted by molar-refractivity contribution is -0.385. The molecule has 0 aliphatic rings. The van der Waals surface area contributed by atoms with Crippen LogP contribution in [0.3, 0.4) is 0 Å². The van der Waals surface area contributed by atoms with Crippen LogP contribution in [0.1, 0.15) is 15.9 Å². The summed E-state index contributed by atoms with van der Waals surface area (Å²) >= 11 is 10.7. The normalized spacial score (nSPS) is 10.1. The summed E-state index contributed by atoms with van der Waals surface area (Å²) in [5.74, 6) is -1.17. The zero-order valence-corrected chi connectivity index (χ0v) is 13.9. The van der Waals surface area contributed by atoms with Gasteiger partial charge in [-0.15, -0.1) is 0 Å². The van der Waals surface area contributed by atoms with Crippen molar-refractivity contribution in [1.82, 2.24) is 5.32 Å². The minimum Gasteiger partial charge on any atom is -0.332 e. The lowest BCUT2D eigenvalue weighted by atomic mass is 10.1. The van der Waals surface area contributed by atoms with Crippen LogP contribution < -0.4 is 10.6 Å². The number of thiocarbonyl (C=S) groups is 1. The van der Waals surface area contributed by atoms with Crippen molar-refractivity contribution in [2.75, 3.05) is 5.32 Å². The van der Waals surface area contributed by atoms with E-state index in [2.05, 4.69) is 10.6 Å². The highest BCUT2D eigenvalue weighted by atomic mass is 35.5. The van der Waals surface area contributed by atoms with E-state index in [0.29, 0.717) is 5.69 Å². The maximum Gasteiger partial charge on any atom is 0.273 e. The lowest BCUT2D eigenvalue weighted by Crippen LogP contribution is -2.34. The van der Waals surface area contributed by atoms with Crippen LogP contribution >= 0.6 is 23.8 Å². The number of nitro benzene ring substituents is 1. The van der Waals surface area contributed by atoms with Gasteiger partial charge in [-0.05, 0) is 43.4 Å². The van der Waals surface area contributed by atoms with Crippen LogP contribution in [0.4, 0.5) is 15.8 Å². The van der Waals surface area contributed by atoms with Gasteiger partial charge in [0.15, 0.2) is 5.11 Å². The molecule has 1 amide bonds. The van der Waals surface area contributed by atoms with E-state index in [4.69, 9.17) is 23.8 Å². The minimum atomic E-state index is -0.595. The van der Waals surface area contributed by atoms with E-state index < -0.39 is 16.6 Å². The molecule has 0 bridgehead atoms. The second kappa shape index (κ2) is 7.33. The maximum atomic E-state index is 13.1. The average Bonchev–Trinajstić information content (AvgIpc) is 2.50. The number of carbonyl (C=O) groups excluding carboxylic acids is 1. The summed E-state index contributed by atoms with van der Waals surface area (Å²) in [6.45, 7) is 1.48. The molecular formula is C15H11ClFN3O3S. The van der Waals surface area contributed by atoms with Crippen molar-refractivity contribution in [2.45, 2.75) is 6.92 Å². The molecule has 0 radical (unpaired) electrons. The van der Waals surface area contributed by atoms with Gasteiger partial charge in [-0.3, -0.25) is 20.2 Å². The molecule has 0 atom stereocenters. The number of nitro groups is 1. The molecule has 9 heteroatoms. The topological polar surface area (TPSA) is 84.3 Å². The maximum absolute atomic E-state index is 13.1. The van der Waals surface area contributed by atoms with Gasteiger partial charge in [0.25, 0.3) is 11.6 Å². The molecule has 0 aromatic heterocycles. The molecule has 24 heavy (non-hydrogen) atoms. The van der Waals surface area contributed by atoms with Crippen molar-refractivity contribution in [3.8, 4) is 0 Å². The Hall–Kier alpha value is -2.58. The van der Waals surface area contributed by atoms with E-state index in [1.165, 1.54) is 37.3 Å². The van der Waals surface area contributed by atoms with E-state index in [0.717, 1.165) is 6.07 Å². The molecule has 2 N–H and O–H groups in total. The van der Waals surface area contributed by atoms with Gasteiger partial charge in [0, 0.05) is 22.9 Å². The van der Waals surface area contributed by atoms with E-state index >= 15 is 0 Å². The number of hydrogen-bond acceptors (Lipinski definition) is 4. The molecule has 2 rings (SSSR count). The van der Waals surface area contributed by atoms with Crippen molar-refractivity contribution in [1.29, 1.82) is 0 Å². The SMILES string of the molecule is Cc1c(C(=O)NC(=S)Nc2ccc(F)c(Cl)c2)cccc1[N+](=O)[O-]. The van der Waals surface area contributed by atoms with Crippen LogP contribution in [-0.4, -0.2) is 15.9 Å². The Balaban J connectivity index is 2.12. The molecule has 0 aliphatic carbocycles. The minimum absolute atomic E-state index is 0.0476. The predicted molar refractivity (Wildman–Crippen MR) is 92.9 cm³/mol. The van der Waals surface area contributed by atoms with Crippen LogP contribution in [0.2, 0.25) is 5.02 Å². The predicted octanol–water partition coefficient (Wildman–Crippen LogP) is 3.82. The Bertz CT molecular complexity index is 845. The second-order valence-electron chi connectivity index (χ2n) is 4.74. The van der Waals surface area contributed by atoms with Crippen LogP contribution in [0, 0.1) is 22.9 Å². The third-order valence-corrected chi connectivity index (χ3v) is 3.64. The Labute approximate surface area is 146 Å². The van der Waals surface area contributed by atoms with Gasteiger partial charge in [0.05, 0.1) is 9.95 Å². The van der Waals surface area contributed by atoms with Crippen LogP contribution in [-0.2, 0) is 0 Å².